The van der Waals surface area contributed by atoms with Crippen LogP contribution in [-0.4, -0.2) is 55.3 Å². The summed E-state index contributed by atoms with van der Waals surface area (Å²) in [5.41, 5.74) is -5.45. The summed E-state index contributed by atoms with van der Waals surface area (Å²) in [5, 5.41) is 4.44. The Kier molecular flexibility index (Phi) is 9.64. The van der Waals surface area contributed by atoms with Crippen molar-refractivity contribution in [2.45, 2.75) is 32.4 Å². The molecule has 2 rings (SSSR count). The van der Waals surface area contributed by atoms with Gasteiger partial charge in [-0.25, -0.2) is 9.59 Å². The van der Waals surface area contributed by atoms with Crippen LogP contribution in [0.5, 0.6) is 5.75 Å². The van der Waals surface area contributed by atoms with Gasteiger partial charge in [0.1, 0.15) is 5.75 Å². The van der Waals surface area contributed by atoms with Crippen LogP contribution in [0.15, 0.2) is 53.6 Å². The molecule has 0 saturated heterocycles. The molecule has 2 aromatic carbocycles. The Hall–Kier alpha value is -3.65. The van der Waals surface area contributed by atoms with E-state index >= 15 is 0 Å². The minimum atomic E-state index is -5.92. The third kappa shape index (κ3) is 7.92. The molecule has 0 N–H and O–H groups in total. The molecular weight excluding hydrogens is 545 g/mol. The van der Waals surface area contributed by atoms with Gasteiger partial charge in [-0.1, -0.05) is 23.7 Å². The average molecular weight is 565 g/mol. The van der Waals surface area contributed by atoms with Gasteiger partial charge in [0.05, 0.1) is 18.4 Å². The fourth-order valence-corrected chi connectivity index (χ4v) is 3.12. The molecule has 0 aromatic heterocycles. The van der Waals surface area contributed by atoms with E-state index in [0.29, 0.717) is 5.02 Å². The van der Waals surface area contributed by atoms with Crippen LogP contribution in [0.2, 0.25) is 5.02 Å². The molecule has 0 aliphatic heterocycles. The van der Waals surface area contributed by atoms with E-state index in [1.165, 1.54) is 45.0 Å². The van der Waals surface area contributed by atoms with Crippen molar-refractivity contribution >= 4 is 45.4 Å². The number of nitrogens with zero attached hydrogens (tertiary/aromatic N) is 2. The quantitative estimate of drug-likeness (QED) is 0.122. The van der Waals surface area contributed by atoms with Gasteiger partial charge in [-0.05, 0) is 57.2 Å². The van der Waals surface area contributed by atoms with Crippen molar-refractivity contribution in [1.82, 2.24) is 5.01 Å². The number of imide groups is 1. The van der Waals surface area contributed by atoms with E-state index in [1.807, 2.05) is 0 Å². The average Bonchev–Trinajstić information content (AvgIpc) is 2.79. The van der Waals surface area contributed by atoms with Crippen LogP contribution in [0.25, 0.3) is 0 Å². The van der Waals surface area contributed by atoms with Crippen LogP contribution < -0.4 is 4.18 Å². The van der Waals surface area contributed by atoms with Gasteiger partial charge in [-0.2, -0.15) is 26.7 Å². The van der Waals surface area contributed by atoms with Crippen molar-refractivity contribution in [1.29, 1.82) is 0 Å². The molecule has 0 aliphatic carbocycles. The lowest BCUT2D eigenvalue weighted by Gasteiger charge is -2.17. The van der Waals surface area contributed by atoms with E-state index in [2.05, 4.69) is 9.28 Å². The first-order valence-electron chi connectivity index (χ1n) is 10.3. The number of alkyl halides is 3. The highest BCUT2D eigenvalue weighted by Crippen LogP contribution is 2.27. The van der Waals surface area contributed by atoms with Crippen LogP contribution in [0, 0.1) is 0 Å². The maximum atomic E-state index is 12.7. The SMILES string of the molecule is CCOC(=O)N(N=C(c1ccc(Cl)cc1)c1ccc(OS(=O)(=O)C(F)(F)F)cc1)C(=O)C(=O)OC(C)C. The zero-order chi connectivity index (χ0) is 28.0. The number of halogens is 4. The van der Waals surface area contributed by atoms with Gasteiger partial charge in [-0.3, -0.25) is 4.79 Å². The zero-order valence-electron chi connectivity index (χ0n) is 19.5. The van der Waals surface area contributed by atoms with Crippen molar-refractivity contribution in [3.63, 3.8) is 0 Å². The fraction of sp³-hybridized carbons (Fsp3) is 0.273. The summed E-state index contributed by atoms with van der Waals surface area (Å²) in [7, 11) is -5.92. The number of amides is 2. The number of carbonyl (C=O) groups excluding carboxylic acids is 3. The summed E-state index contributed by atoms with van der Waals surface area (Å²) < 4.78 is 74.1. The zero-order valence-corrected chi connectivity index (χ0v) is 21.1. The summed E-state index contributed by atoms with van der Waals surface area (Å²) >= 11 is 5.91. The topological polar surface area (TPSA) is 129 Å². The largest absolute Gasteiger partial charge is 0.534 e. The molecule has 37 heavy (non-hydrogen) atoms. The molecule has 2 aromatic rings. The molecule has 0 saturated carbocycles. The van der Waals surface area contributed by atoms with Crippen molar-refractivity contribution < 1.29 is 49.6 Å². The molecule has 0 aliphatic rings. The predicted molar refractivity (Wildman–Crippen MR) is 124 cm³/mol. The highest BCUT2D eigenvalue weighted by atomic mass is 35.5. The van der Waals surface area contributed by atoms with Gasteiger partial charge >= 0.3 is 33.6 Å². The summed E-state index contributed by atoms with van der Waals surface area (Å²) in [5.74, 6) is -3.55. The molecule has 15 heteroatoms. The first-order chi connectivity index (χ1) is 17.2. The number of carbonyl (C=O) groups is 3. The minimum absolute atomic E-state index is 0.0819. The van der Waals surface area contributed by atoms with E-state index in [-0.39, 0.29) is 28.5 Å². The van der Waals surface area contributed by atoms with Crippen molar-refractivity contribution in [3.05, 3.63) is 64.7 Å². The lowest BCUT2D eigenvalue weighted by molar-refractivity contribution is -0.161. The van der Waals surface area contributed by atoms with E-state index in [1.54, 1.807) is 0 Å². The summed E-state index contributed by atoms with van der Waals surface area (Å²) in [6.45, 7) is 4.23. The number of hydrazone groups is 1. The Morgan fingerprint density at radius 2 is 1.51 bits per heavy atom. The number of hydrogen-bond acceptors (Lipinski definition) is 9. The van der Waals surface area contributed by atoms with Crippen molar-refractivity contribution in [3.8, 4) is 5.75 Å². The summed E-state index contributed by atoms with van der Waals surface area (Å²) in [6, 6.07) is 9.82. The van der Waals surface area contributed by atoms with Gasteiger partial charge in [-0.15, -0.1) is 5.01 Å². The molecule has 0 unspecified atom stereocenters. The summed E-state index contributed by atoms with van der Waals surface area (Å²) in [6.07, 6.45) is -2.00. The molecule has 0 heterocycles. The Morgan fingerprint density at radius 3 is 1.97 bits per heavy atom. The highest BCUT2D eigenvalue weighted by molar-refractivity contribution is 7.88. The van der Waals surface area contributed by atoms with Crippen LogP contribution in [0.1, 0.15) is 31.9 Å². The van der Waals surface area contributed by atoms with Crippen LogP contribution in [0.4, 0.5) is 18.0 Å². The highest BCUT2D eigenvalue weighted by Gasteiger charge is 2.48. The molecule has 0 spiro atoms. The third-order valence-corrected chi connectivity index (χ3v) is 5.32. The van der Waals surface area contributed by atoms with E-state index < -0.39 is 45.4 Å². The van der Waals surface area contributed by atoms with E-state index in [9.17, 15) is 36.0 Å². The number of hydrogen-bond donors (Lipinski definition) is 0. The maximum Gasteiger partial charge on any atom is 0.534 e. The monoisotopic (exact) mass is 564 g/mol. The molecule has 200 valence electrons. The van der Waals surface area contributed by atoms with E-state index in [4.69, 9.17) is 21.1 Å². The van der Waals surface area contributed by atoms with Crippen LogP contribution in [0.3, 0.4) is 0 Å². The number of ether oxygens (including phenoxy) is 2. The van der Waals surface area contributed by atoms with Gasteiger partial charge in [0.15, 0.2) is 0 Å². The fourth-order valence-electron chi connectivity index (χ4n) is 2.54. The first kappa shape index (κ1) is 29.6. The van der Waals surface area contributed by atoms with Crippen LogP contribution in [-0.2, 0) is 29.2 Å². The summed E-state index contributed by atoms with van der Waals surface area (Å²) in [4.78, 5) is 37.4. The molecule has 2 amide bonds. The Bertz CT molecular complexity index is 1280. The molecule has 0 atom stereocenters. The molecule has 0 fully saturated rings. The smallest absolute Gasteiger partial charge is 0.456 e. The molecular formula is C22H20ClF3N2O8S. The number of esters is 1. The second-order valence-corrected chi connectivity index (χ2v) is 9.21. The molecule has 0 bridgehead atoms. The standard InChI is InChI=1S/C22H20ClF3N2O8S/c1-4-34-21(31)28(19(29)20(30)35-13(2)3)27-18(14-5-9-16(23)10-6-14)15-7-11-17(12-8-15)36-37(32,33)22(24,25)26/h5-13H,4H2,1-3H3. The number of benzene rings is 2. The maximum absolute atomic E-state index is 12.7. The minimum Gasteiger partial charge on any atom is -0.456 e. The van der Waals surface area contributed by atoms with Crippen molar-refractivity contribution in [2.24, 2.45) is 5.10 Å². The van der Waals surface area contributed by atoms with Crippen molar-refractivity contribution in [2.75, 3.05) is 6.61 Å². The van der Waals surface area contributed by atoms with Gasteiger partial charge in [0, 0.05) is 16.1 Å². The second kappa shape index (κ2) is 12.1. The Morgan fingerprint density at radius 1 is 1.00 bits per heavy atom. The van der Waals surface area contributed by atoms with Crippen LogP contribution >= 0.6 is 11.6 Å². The van der Waals surface area contributed by atoms with Gasteiger partial charge in [0.2, 0.25) is 0 Å². The molecule has 10 nitrogen and oxygen atoms in total. The Balaban J connectivity index is 2.60. The third-order valence-electron chi connectivity index (χ3n) is 4.09. The van der Waals surface area contributed by atoms with Gasteiger partial charge in [0.25, 0.3) is 0 Å². The Labute approximate surface area is 214 Å². The second-order valence-electron chi connectivity index (χ2n) is 7.23. The normalized spacial score (nSPS) is 12.2. The number of rotatable bonds is 7. The van der Waals surface area contributed by atoms with E-state index in [0.717, 1.165) is 24.3 Å². The first-order valence-corrected chi connectivity index (χ1v) is 12.1. The lowest BCUT2D eigenvalue weighted by atomic mass is 10.0. The predicted octanol–water partition coefficient (Wildman–Crippen LogP) is 4.26. The molecule has 0 radical (unpaired) electrons. The van der Waals surface area contributed by atoms with Gasteiger partial charge < -0.3 is 13.7 Å². The lowest BCUT2D eigenvalue weighted by Crippen LogP contribution is -2.40.